The number of H-pyrrole nitrogens is 1. The summed E-state index contributed by atoms with van der Waals surface area (Å²) in [5, 5.41) is 6.12. The van der Waals surface area contributed by atoms with Gasteiger partial charge in [-0.3, -0.25) is 19.4 Å². The average Bonchev–Trinajstić information content (AvgIpc) is 2.98. The zero-order valence-corrected chi connectivity index (χ0v) is 14.4. The number of nitrogens with one attached hydrogen (secondary N) is 2. The van der Waals surface area contributed by atoms with Crippen LogP contribution in [0.2, 0.25) is 5.02 Å². The molecule has 0 bridgehead atoms. The molecule has 1 aromatic carbocycles. The van der Waals surface area contributed by atoms with Gasteiger partial charge in [-0.15, -0.1) is 0 Å². The van der Waals surface area contributed by atoms with Crippen LogP contribution in [0.3, 0.4) is 0 Å². The summed E-state index contributed by atoms with van der Waals surface area (Å²) >= 11 is 5.99. The van der Waals surface area contributed by atoms with Crippen molar-refractivity contribution in [1.82, 2.24) is 14.8 Å². The summed E-state index contributed by atoms with van der Waals surface area (Å²) in [7, 11) is 0. The van der Waals surface area contributed by atoms with Gasteiger partial charge in [0.1, 0.15) is 11.5 Å². The van der Waals surface area contributed by atoms with Crippen LogP contribution < -0.4 is 10.9 Å². The van der Waals surface area contributed by atoms with E-state index in [4.69, 9.17) is 11.6 Å². The first-order chi connectivity index (χ1) is 12.0. The molecule has 3 aromatic rings. The van der Waals surface area contributed by atoms with Gasteiger partial charge in [0.2, 0.25) is 0 Å². The van der Waals surface area contributed by atoms with E-state index in [1.54, 1.807) is 12.3 Å². The Bertz CT molecular complexity index is 944. The monoisotopic (exact) mass is 356 g/mol. The van der Waals surface area contributed by atoms with Gasteiger partial charge in [0.05, 0.1) is 0 Å². The SMILES string of the molecule is CCn1[nH]c(C(=O)Nc2ccc(Cc3cccc(Cl)c3)cn2)cc1=O. The molecule has 0 aliphatic carbocycles. The third-order valence-electron chi connectivity index (χ3n) is 3.71. The molecule has 0 radical (unpaired) electrons. The number of halogens is 1. The Labute approximate surface area is 149 Å². The highest BCUT2D eigenvalue weighted by atomic mass is 35.5. The van der Waals surface area contributed by atoms with Gasteiger partial charge in [0, 0.05) is 23.8 Å². The molecular formula is C18H17ClN4O2. The number of nitrogens with zero attached hydrogens (tertiary/aromatic N) is 2. The third kappa shape index (κ3) is 4.16. The minimum absolute atomic E-state index is 0.205. The van der Waals surface area contributed by atoms with E-state index in [9.17, 15) is 9.59 Å². The van der Waals surface area contributed by atoms with E-state index in [1.807, 2.05) is 37.3 Å². The highest BCUT2D eigenvalue weighted by Gasteiger charge is 2.11. The predicted molar refractivity (Wildman–Crippen MR) is 97.2 cm³/mol. The van der Waals surface area contributed by atoms with E-state index in [1.165, 1.54) is 10.7 Å². The van der Waals surface area contributed by atoms with Crippen molar-refractivity contribution < 1.29 is 4.79 Å². The summed E-state index contributed by atoms with van der Waals surface area (Å²) in [5.41, 5.74) is 2.06. The maximum absolute atomic E-state index is 12.2. The van der Waals surface area contributed by atoms with Gasteiger partial charge in [-0.05, 0) is 42.7 Å². The largest absolute Gasteiger partial charge is 0.305 e. The molecule has 0 saturated heterocycles. The third-order valence-corrected chi connectivity index (χ3v) is 3.95. The lowest BCUT2D eigenvalue weighted by Crippen LogP contribution is -2.15. The smallest absolute Gasteiger partial charge is 0.274 e. The number of benzene rings is 1. The fraction of sp³-hybridized carbons (Fsp3) is 0.167. The molecule has 0 aliphatic heterocycles. The number of hydrogen-bond acceptors (Lipinski definition) is 3. The van der Waals surface area contributed by atoms with Crippen molar-refractivity contribution in [3.63, 3.8) is 0 Å². The summed E-state index contributed by atoms with van der Waals surface area (Å²) in [6, 6.07) is 12.5. The summed E-state index contributed by atoms with van der Waals surface area (Å²) in [4.78, 5) is 28.0. The Hall–Kier alpha value is -2.86. The number of hydrogen-bond donors (Lipinski definition) is 2. The number of aryl methyl sites for hydroxylation is 1. The highest BCUT2D eigenvalue weighted by molar-refractivity contribution is 6.30. The summed E-state index contributed by atoms with van der Waals surface area (Å²) in [5.74, 6) is 0.0179. The minimum Gasteiger partial charge on any atom is -0.305 e. The van der Waals surface area contributed by atoms with Gasteiger partial charge in [0.15, 0.2) is 0 Å². The quantitative estimate of drug-likeness (QED) is 0.737. The molecular weight excluding hydrogens is 340 g/mol. The van der Waals surface area contributed by atoms with Gasteiger partial charge in [-0.25, -0.2) is 4.98 Å². The van der Waals surface area contributed by atoms with Crippen LogP contribution in [0.15, 0.2) is 53.5 Å². The molecule has 0 atom stereocenters. The van der Waals surface area contributed by atoms with Crippen LogP contribution in [0.4, 0.5) is 5.82 Å². The molecule has 2 heterocycles. The van der Waals surface area contributed by atoms with E-state index < -0.39 is 5.91 Å². The van der Waals surface area contributed by atoms with Gasteiger partial charge < -0.3 is 5.32 Å². The molecule has 6 nitrogen and oxygen atoms in total. The molecule has 0 unspecified atom stereocenters. The zero-order valence-electron chi connectivity index (χ0n) is 13.6. The van der Waals surface area contributed by atoms with Crippen LogP contribution in [-0.4, -0.2) is 20.7 Å². The summed E-state index contributed by atoms with van der Waals surface area (Å²) in [6.07, 6.45) is 2.41. The first-order valence-electron chi connectivity index (χ1n) is 7.85. The second kappa shape index (κ2) is 7.36. The number of aromatic nitrogens is 3. The lowest BCUT2D eigenvalue weighted by atomic mass is 10.1. The molecule has 1 amide bonds. The number of pyridine rings is 1. The normalized spacial score (nSPS) is 10.6. The molecule has 2 aromatic heterocycles. The summed E-state index contributed by atoms with van der Waals surface area (Å²) in [6.45, 7) is 2.29. The number of aromatic amines is 1. The predicted octanol–water partition coefficient (Wildman–Crippen LogP) is 3.09. The van der Waals surface area contributed by atoms with Gasteiger partial charge in [-0.2, -0.15) is 0 Å². The Kier molecular flexibility index (Phi) is 5.00. The van der Waals surface area contributed by atoms with Gasteiger partial charge in [0.25, 0.3) is 11.5 Å². The minimum atomic E-state index is -0.403. The first kappa shape index (κ1) is 17.0. The molecule has 0 aliphatic rings. The number of carbonyl (C=O) groups is 1. The van der Waals surface area contributed by atoms with Crippen molar-refractivity contribution >= 4 is 23.3 Å². The molecule has 0 fully saturated rings. The van der Waals surface area contributed by atoms with Crippen LogP contribution in [0.5, 0.6) is 0 Å². The van der Waals surface area contributed by atoms with Crippen LogP contribution >= 0.6 is 11.6 Å². The van der Waals surface area contributed by atoms with E-state index in [0.717, 1.165) is 11.1 Å². The van der Waals surface area contributed by atoms with Crippen molar-refractivity contribution in [2.24, 2.45) is 0 Å². The Morgan fingerprint density at radius 3 is 2.72 bits per heavy atom. The van der Waals surface area contributed by atoms with Crippen molar-refractivity contribution in [1.29, 1.82) is 0 Å². The number of carbonyl (C=O) groups excluding carboxylic acids is 1. The highest BCUT2D eigenvalue weighted by Crippen LogP contribution is 2.15. The molecule has 0 spiro atoms. The number of rotatable bonds is 5. The van der Waals surface area contributed by atoms with E-state index in [-0.39, 0.29) is 11.3 Å². The Morgan fingerprint density at radius 2 is 2.08 bits per heavy atom. The molecule has 25 heavy (non-hydrogen) atoms. The topological polar surface area (TPSA) is 79.8 Å². The van der Waals surface area contributed by atoms with Crippen LogP contribution in [-0.2, 0) is 13.0 Å². The van der Waals surface area contributed by atoms with Crippen molar-refractivity contribution in [2.45, 2.75) is 19.9 Å². The fourth-order valence-corrected chi connectivity index (χ4v) is 2.67. The van der Waals surface area contributed by atoms with Crippen LogP contribution in [0.1, 0.15) is 28.5 Å². The fourth-order valence-electron chi connectivity index (χ4n) is 2.45. The maximum Gasteiger partial charge on any atom is 0.274 e. The standard InChI is InChI=1S/C18H17ClN4O2/c1-2-23-17(24)10-15(22-23)18(25)21-16-7-6-13(11-20-16)8-12-4-3-5-14(19)9-12/h3-7,9-11,22H,2,8H2,1H3,(H,20,21,25). The molecule has 128 valence electrons. The lowest BCUT2D eigenvalue weighted by Gasteiger charge is -2.05. The number of amides is 1. The molecule has 0 saturated carbocycles. The van der Waals surface area contributed by atoms with Crippen molar-refractivity contribution in [3.05, 3.63) is 80.9 Å². The second-order valence-electron chi connectivity index (χ2n) is 5.56. The zero-order chi connectivity index (χ0) is 17.8. The summed E-state index contributed by atoms with van der Waals surface area (Å²) < 4.78 is 1.36. The van der Waals surface area contributed by atoms with Gasteiger partial charge in [-0.1, -0.05) is 29.8 Å². The van der Waals surface area contributed by atoms with E-state index in [0.29, 0.717) is 23.8 Å². The van der Waals surface area contributed by atoms with E-state index in [2.05, 4.69) is 15.4 Å². The van der Waals surface area contributed by atoms with E-state index >= 15 is 0 Å². The second-order valence-corrected chi connectivity index (χ2v) is 6.00. The molecule has 2 N–H and O–H groups in total. The Morgan fingerprint density at radius 1 is 1.24 bits per heavy atom. The van der Waals surface area contributed by atoms with Crippen LogP contribution in [0.25, 0.3) is 0 Å². The van der Waals surface area contributed by atoms with Crippen molar-refractivity contribution in [2.75, 3.05) is 5.32 Å². The molecule has 3 rings (SSSR count). The Balaban J connectivity index is 1.67. The first-order valence-corrected chi connectivity index (χ1v) is 8.23. The number of anilines is 1. The van der Waals surface area contributed by atoms with Crippen LogP contribution in [0, 0.1) is 0 Å². The lowest BCUT2D eigenvalue weighted by molar-refractivity contribution is 0.102. The van der Waals surface area contributed by atoms with Gasteiger partial charge >= 0.3 is 0 Å². The maximum atomic E-state index is 12.2. The average molecular weight is 357 g/mol. The molecule has 7 heteroatoms. The van der Waals surface area contributed by atoms with Crippen molar-refractivity contribution in [3.8, 4) is 0 Å².